The van der Waals surface area contributed by atoms with E-state index in [0.717, 1.165) is 11.3 Å². The Morgan fingerprint density at radius 1 is 1.32 bits per heavy atom. The van der Waals surface area contributed by atoms with Crippen molar-refractivity contribution in [3.63, 3.8) is 0 Å². The van der Waals surface area contributed by atoms with Gasteiger partial charge in [0.2, 0.25) is 0 Å². The van der Waals surface area contributed by atoms with Crippen molar-refractivity contribution in [2.75, 3.05) is 0 Å². The third kappa shape index (κ3) is 2.57. The van der Waals surface area contributed by atoms with Crippen LogP contribution in [-0.4, -0.2) is 14.3 Å². The Morgan fingerprint density at radius 2 is 2.05 bits per heavy atom. The Labute approximate surface area is 135 Å². The zero-order chi connectivity index (χ0) is 15.9. The average Bonchev–Trinajstić information content (AvgIpc) is 2.98. The Hall–Kier alpha value is -1.66. The van der Waals surface area contributed by atoms with E-state index in [1.165, 1.54) is 10.4 Å². The fraction of sp³-hybridized carbons (Fsp3) is 0.312. The topological polar surface area (TPSA) is 58.5 Å². The molecule has 6 heteroatoms. The van der Waals surface area contributed by atoms with Crippen LogP contribution in [0.1, 0.15) is 40.8 Å². The first-order chi connectivity index (χ1) is 10.4. The number of benzene rings is 1. The van der Waals surface area contributed by atoms with Crippen LogP contribution in [0.2, 0.25) is 0 Å². The first-order valence-corrected chi connectivity index (χ1v) is 9.51. The maximum absolute atomic E-state index is 12.1. The number of thiophene rings is 1. The zero-order valence-corrected chi connectivity index (χ0v) is 14.4. The second-order valence-electron chi connectivity index (χ2n) is 5.36. The lowest BCUT2D eigenvalue weighted by molar-refractivity contribution is 0.595. The zero-order valence-electron chi connectivity index (χ0n) is 12.8. The fourth-order valence-corrected chi connectivity index (χ4v) is 4.94. The third-order valence-electron chi connectivity index (χ3n) is 3.76. The molecule has 0 spiro atoms. The maximum Gasteiger partial charge on any atom is 0.263 e. The number of amidine groups is 1. The molecule has 3 rings (SSSR count). The minimum atomic E-state index is -3.47. The van der Waals surface area contributed by atoms with Gasteiger partial charge in [-0.1, -0.05) is 19.1 Å². The van der Waals surface area contributed by atoms with Crippen molar-refractivity contribution < 1.29 is 8.42 Å². The molecular weight excluding hydrogens is 316 g/mol. The molecule has 1 aromatic heterocycles. The molecule has 0 radical (unpaired) electrons. The van der Waals surface area contributed by atoms with Crippen LogP contribution in [0, 0.1) is 6.92 Å². The summed E-state index contributed by atoms with van der Waals surface area (Å²) in [6.07, 6.45) is 1.01. The van der Waals surface area contributed by atoms with E-state index in [1.54, 1.807) is 29.5 Å². The van der Waals surface area contributed by atoms with E-state index in [0.29, 0.717) is 16.3 Å². The summed E-state index contributed by atoms with van der Waals surface area (Å²) in [4.78, 5) is 7.43. The van der Waals surface area contributed by atoms with Crippen LogP contribution >= 0.6 is 11.3 Å². The van der Waals surface area contributed by atoms with E-state index < -0.39 is 10.0 Å². The summed E-state index contributed by atoms with van der Waals surface area (Å²) in [6.45, 7) is 6.24. The molecule has 0 amide bonds. The van der Waals surface area contributed by atoms with Crippen molar-refractivity contribution in [1.82, 2.24) is 4.72 Å². The molecule has 1 atom stereocenters. The van der Waals surface area contributed by atoms with Crippen molar-refractivity contribution in [1.29, 1.82) is 0 Å². The van der Waals surface area contributed by atoms with Gasteiger partial charge in [-0.25, -0.2) is 8.42 Å². The van der Waals surface area contributed by atoms with Crippen molar-refractivity contribution in [2.45, 2.75) is 38.1 Å². The van der Waals surface area contributed by atoms with E-state index in [1.807, 2.05) is 13.0 Å². The van der Waals surface area contributed by atoms with Gasteiger partial charge in [-0.15, -0.1) is 11.3 Å². The van der Waals surface area contributed by atoms with Crippen LogP contribution in [0.25, 0.3) is 0 Å². The Morgan fingerprint density at radius 3 is 2.73 bits per heavy atom. The van der Waals surface area contributed by atoms with Gasteiger partial charge in [0.25, 0.3) is 10.0 Å². The highest BCUT2D eigenvalue weighted by atomic mass is 32.2. The fourth-order valence-electron chi connectivity index (χ4n) is 2.59. The Balaban J connectivity index is 1.99. The number of nitrogens with one attached hydrogen (secondary N) is 1. The third-order valence-corrected chi connectivity index (χ3v) is 6.71. The maximum atomic E-state index is 12.1. The summed E-state index contributed by atoms with van der Waals surface area (Å²) < 4.78 is 26.8. The highest BCUT2D eigenvalue weighted by molar-refractivity contribution is 7.90. The van der Waals surface area contributed by atoms with Gasteiger partial charge in [-0.05, 0) is 44.0 Å². The molecule has 4 nitrogen and oxygen atoms in total. The number of fused-ring (bicyclic) bond motifs is 1. The van der Waals surface area contributed by atoms with Crippen LogP contribution in [0.3, 0.4) is 0 Å². The lowest BCUT2D eigenvalue weighted by Crippen LogP contribution is -2.22. The van der Waals surface area contributed by atoms with Gasteiger partial charge in [0.05, 0.1) is 10.9 Å². The molecule has 1 N–H and O–H groups in total. The highest BCUT2D eigenvalue weighted by Gasteiger charge is 2.30. The normalized spacial score (nSPS) is 19.0. The predicted octanol–water partition coefficient (Wildman–Crippen LogP) is 3.42. The minimum absolute atomic E-state index is 0.0761. The number of aryl methyl sites for hydroxylation is 2. The van der Waals surface area contributed by atoms with Gasteiger partial charge in [0, 0.05) is 15.3 Å². The van der Waals surface area contributed by atoms with Gasteiger partial charge in [-0.3, -0.25) is 9.71 Å². The molecule has 2 aromatic rings. The number of nitrogens with zero attached hydrogens (tertiary/aromatic N) is 1. The summed E-state index contributed by atoms with van der Waals surface area (Å²) in [6, 6.07) is 9.01. The monoisotopic (exact) mass is 334 g/mol. The van der Waals surface area contributed by atoms with Gasteiger partial charge < -0.3 is 0 Å². The van der Waals surface area contributed by atoms with Crippen LogP contribution in [0.15, 0.2) is 40.2 Å². The van der Waals surface area contributed by atoms with Crippen molar-refractivity contribution in [3.8, 4) is 0 Å². The molecule has 2 heterocycles. The SMILES string of the molecule is CCc1sc(C(C)N=C2NS(=O)(=O)c3ccccc32)cc1C. The first kappa shape index (κ1) is 15.2. The largest absolute Gasteiger partial charge is 0.263 e. The molecule has 1 unspecified atom stereocenters. The van der Waals surface area contributed by atoms with Gasteiger partial charge in [0.15, 0.2) is 0 Å². The number of rotatable bonds is 3. The highest BCUT2D eigenvalue weighted by Crippen LogP contribution is 2.31. The quantitative estimate of drug-likeness (QED) is 0.935. The molecule has 0 saturated heterocycles. The first-order valence-electron chi connectivity index (χ1n) is 7.21. The molecule has 116 valence electrons. The molecule has 1 aliphatic heterocycles. The van der Waals surface area contributed by atoms with E-state index in [9.17, 15) is 8.42 Å². The number of hydrogen-bond acceptors (Lipinski definition) is 4. The van der Waals surface area contributed by atoms with Crippen LogP contribution in [-0.2, 0) is 16.4 Å². The molecule has 0 fully saturated rings. The lowest BCUT2D eigenvalue weighted by atomic mass is 10.2. The van der Waals surface area contributed by atoms with Gasteiger partial charge >= 0.3 is 0 Å². The van der Waals surface area contributed by atoms with Gasteiger partial charge in [0.1, 0.15) is 5.84 Å². The summed E-state index contributed by atoms with van der Waals surface area (Å²) in [5, 5.41) is 0. The molecular formula is C16H18N2O2S2. The minimum Gasteiger partial charge on any atom is -0.263 e. The van der Waals surface area contributed by atoms with E-state index in [-0.39, 0.29) is 6.04 Å². The smallest absolute Gasteiger partial charge is 0.263 e. The average molecular weight is 334 g/mol. The number of sulfonamides is 1. The second kappa shape index (κ2) is 5.52. The summed E-state index contributed by atoms with van der Waals surface area (Å²) >= 11 is 1.75. The standard InChI is InChI=1S/C16H18N2O2S2/c1-4-13-10(2)9-14(21-13)11(3)17-16-12-7-5-6-8-15(12)22(19,20)18-16/h5-9,11H,4H2,1-3H3,(H,17,18). The Bertz CT molecular complexity index is 851. The van der Waals surface area contributed by atoms with Crippen LogP contribution < -0.4 is 4.72 Å². The predicted molar refractivity (Wildman–Crippen MR) is 90.1 cm³/mol. The molecule has 1 aromatic carbocycles. The summed E-state index contributed by atoms with van der Waals surface area (Å²) in [5.74, 6) is 0.437. The van der Waals surface area contributed by atoms with Crippen LogP contribution in [0.4, 0.5) is 0 Å². The molecule has 22 heavy (non-hydrogen) atoms. The Kier molecular flexibility index (Phi) is 3.82. The van der Waals surface area contributed by atoms with Crippen molar-refractivity contribution in [3.05, 3.63) is 51.2 Å². The van der Waals surface area contributed by atoms with Gasteiger partial charge in [-0.2, -0.15) is 0 Å². The summed E-state index contributed by atoms with van der Waals surface area (Å²) in [7, 11) is -3.47. The van der Waals surface area contributed by atoms with Crippen molar-refractivity contribution in [2.24, 2.45) is 4.99 Å². The van der Waals surface area contributed by atoms with Crippen molar-refractivity contribution >= 4 is 27.2 Å². The summed E-state index contributed by atoms with van der Waals surface area (Å²) in [5.41, 5.74) is 1.93. The molecule has 1 aliphatic rings. The number of hydrogen-bond donors (Lipinski definition) is 1. The lowest BCUT2D eigenvalue weighted by Gasteiger charge is -2.05. The number of aliphatic imine (C=N–C) groups is 1. The van der Waals surface area contributed by atoms with E-state index in [2.05, 4.69) is 29.6 Å². The molecule has 0 aliphatic carbocycles. The van der Waals surface area contributed by atoms with E-state index in [4.69, 9.17) is 0 Å². The molecule has 0 bridgehead atoms. The molecule has 0 saturated carbocycles. The van der Waals surface area contributed by atoms with Crippen LogP contribution in [0.5, 0.6) is 0 Å². The second-order valence-corrected chi connectivity index (χ2v) is 8.18. The van der Waals surface area contributed by atoms with E-state index >= 15 is 0 Å².